The van der Waals surface area contributed by atoms with E-state index in [9.17, 15) is 4.79 Å². The van der Waals surface area contributed by atoms with E-state index in [4.69, 9.17) is 4.52 Å². The Morgan fingerprint density at radius 2 is 2.15 bits per heavy atom. The lowest BCUT2D eigenvalue weighted by Crippen LogP contribution is -2.15. The second-order valence-corrected chi connectivity index (χ2v) is 5.49. The van der Waals surface area contributed by atoms with Crippen LogP contribution in [0.25, 0.3) is 0 Å². The molecule has 1 N–H and O–H groups in total. The highest BCUT2D eigenvalue weighted by Crippen LogP contribution is 2.38. The molecule has 0 atom stereocenters. The van der Waals surface area contributed by atoms with E-state index in [1.807, 2.05) is 19.9 Å². The Morgan fingerprint density at radius 3 is 2.75 bits per heavy atom. The number of rotatable bonds is 5. The molecular weight excluding hydrogens is 254 g/mol. The fourth-order valence-corrected chi connectivity index (χ4v) is 2.67. The number of carbonyl (C=O) groups excluding carboxylic acids is 1. The van der Waals surface area contributed by atoms with Crippen molar-refractivity contribution in [2.45, 2.75) is 39.7 Å². The van der Waals surface area contributed by atoms with Gasteiger partial charge in [-0.2, -0.15) is 0 Å². The maximum atomic E-state index is 12.3. The van der Waals surface area contributed by atoms with Crippen LogP contribution in [0.15, 0.2) is 16.7 Å². The first-order valence-corrected chi connectivity index (χ1v) is 6.95. The van der Waals surface area contributed by atoms with Crippen molar-refractivity contribution in [3.63, 3.8) is 0 Å². The lowest BCUT2D eigenvalue weighted by molar-refractivity contribution is 0.101. The second kappa shape index (κ2) is 4.81. The first-order valence-electron chi connectivity index (χ1n) is 6.95. The topological polar surface area (TPSA) is 60.1 Å². The molecule has 2 aromatic rings. The standard InChI is InChI=1S/C15H19N3O2/c1-9-6-13(11(3)18(9)12-4-5-12)14(19)8-16-15-7-10(2)20-17-15/h6-7,12H,4-5,8H2,1-3H3,(H,16,17). The van der Waals surface area contributed by atoms with Gasteiger partial charge < -0.3 is 14.4 Å². The average molecular weight is 273 g/mol. The number of hydrogen-bond donors (Lipinski definition) is 1. The number of aryl methyl sites for hydroxylation is 2. The van der Waals surface area contributed by atoms with Crippen LogP contribution in [0.5, 0.6) is 0 Å². The first-order chi connectivity index (χ1) is 9.56. The lowest BCUT2D eigenvalue weighted by Gasteiger charge is -2.07. The third-order valence-electron chi connectivity index (χ3n) is 3.75. The van der Waals surface area contributed by atoms with E-state index in [2.05, 4.69) is 22.0 Å². The van der Waals surface area contributed by atoms with Crippen LogP contribution in [0.3, 0.4) is 0 Å². The number of hydrogen-bond acceptors (Lipinski definition) is 4. The Hall–Kier alpha value is -2.04. The Balaban J connectivity index is 1.72. The zero-order valence-corrected chi connectivity index (χ0v) is 12.1. The summed E-state index contributed by atoms with van der Waals surface area (Å²) in [5.74, 6) is 1.42. The Morgan fingerprint density at radius 1 is 1.40 bits per heavy atom. The van der Waals surface area contributed by atoms with Crippen molar-refractivity contribution in [1.82, 2.24) is 9.72 Å². The molecule has 0 saturated heterocycles. The number of nitrogens with zero attached hydrogens (tertiary/aromatic N) is 2. The minimum atomic E-state index is 0.0886. The van der Waals surface area contributed by atoms with E-state index < -0.39 is 0 Å². The van der Waals surface area contributed by atoms with Gasteiger partial charge in [-0.05, 0) is 39.7 Å². The highest BCUT2D eigenvalue weighted by molar-refractivity contribution is 6.00. The minimum Gasteiger partial charge on any atom is -0.360 e. The SMILES string of the molecule is Cc1cc(NCC(=O)c2cc(C)n(C3CC3)c2C)no1. The molecule has 0 aliphatic heterocycles. The van der Waals surface area contributed by atoms with Crippen molar-refractivity contribution >= 4 is 11.6 Å². The third-order valence-corrected chi connectivity index (χ3v) is 3.75. The Bertz CT molecular complexity index is 650. The molecule has 0 unspecified atom stereocenters. The molecular formula is C15H19N3O2. The van der Waals surface area contributed by atoms with E-state index in [-0.39, 0.29) is 12.3 Å². The maximum Gasteiger partial charge on any atom is 0.183 e. The number of Topliss-reactive ketones (excluding diaryl/α,β-unsaturated/α-hetero) is 1. The molecule has 3 rings (SSSR count). The number of nitrogens with one attached hydrogen (secondary N) is 1. The monoisotopic (exact) mass is 273 g/mol. The van der Waals surface area contributed by atoms with Crippen LogP contribution in [0, 0.1) is 20.8 Å². The van der Waals surface area contributed by atoms with Crippen LogP contribution in [-0.2, 0) is 0 Å². The van der Waals surface area contributed by atoms with Gasteiger partial charge in [0.25, 0.3) is 0 Å². The molecule has 0 aromatic carbocycles. The summed E-state index contributed by atoms with van der Waals surface area (Å²) in [4.78, 5) is 12.3. The predicted octanol–water partition coefficient (Wildman–Crippen LogP) is 3.03. The van der Waals surface area contributed by atoms with Gasteiger partial charge >= 0.3 is 0 Å². The van der Waals surface area contributed by atoms with Gasteiger partial charge in [0.2, 0.25) is 0 Å². The largest absolute Gasteiger partial charge is 0.360 e. The van der Waals surface area contributed by atoms with Crippen LogP contribution in [0.2, 0.25) is 0 Å². The third kappa shape index (κ3) is 2.35. The van der Waals surface area contributed by atoms with Gasteiger partial charge in [0.15, 0.2) is 11.6 Å². The van der Waals surface area contributed by atoms with Crippen molar-refractivity contribution in [1.29, 1.82) is 0 Å². The second-order valence-electron chi connectivity index (χ2n) is 5.49. The quantitative estimate of drug-likeness (QED) is 0.851. The van der Waals surface area contributed by atoms with E-state index in [1.54, 1.807) is 6.07 Å². The maximum absolute atomic E-state index is 12.3. The van der Waals surface area contributed by atoms with Crippen molar-refractivity contribution in [3.05, 3.63) is 34.8 Å². The van der Waals surface area contributed by atoms with Crippen molar-refractivity contribution in [2.24, 2.45) is 0 Å². The Labute approximate surface area is 117 Å². The molecule has 1 saturated carbocycles. The Kier molecular flexibility index (Phi) is 3.12. The summed E-state index contributed by atoms with van der Waals surface area (Å²) >= 11 is 0. The molecule has 1 aliphatic carbocycles. The number of anilines is 1. The highest BCUT2D eigenvalue weighted by Gasteiger charge is 2.28. The normalized spacial score (nSPS) is 14.6. The van der Waals surface area contributed by atoms with Crippen LogP contribution in [0.1, 0.15) is 46.4 Å². The van der Waals surface area contributed by atoms with Crippen molar-refractivity contribution in [2.75, 3.05) is 11.9 Å². The van der Waals surface area contributed by atoms with Gasteiger partial charge in [-0.1, -0.05) is 5.16 Å². The van der Waals surface area contributed by atoms with Crippen LogP contribution < -0.4 is 5.32 Å². The lowest BCUT2D eigenvalue weighted by atomic mass is 10.1. The molecule has 0 bridgehead atoms. The molecule has 2 heterocycles. The number of ketones is 1. The van der Waals surface area contributed by atoms with E-state index in [0.29, 0.717) is 11.9 Å². The summed E-state index contributed by atoms with van der Waals surface area (Å²) in [5, 5.41) is 6.82. The molecule has 0 radical (unpaired) electrons. The van der Waals surface area contributed by atoms with Gasteiger partial charge in [0.05, 0.1) is 6.54 Å². The summed E-state index contributed by atoms with van der Waals surface area (Å²) in [6, 6.07) is 4.37. The smallest absolute Gasteiger partial charge is 0.183 e. The molecule has 20 heavy (non-hydrogen) atoms. The van der Waals surface area contributed by atoms with Gasteiger partial charge in [-0.3, -0.25) is 4.79 Å². The first kappa shape index (κ1) is 13.0. The van der Waals surface area contributed by atoms with Gasteiger partial charge in [0.1, 0.15) is 5.76 Å². The van der Waals surface area contributed by atoms with Crippen LogP contribution >= 0.6 is 0 Å². The minimum absolute atomic E-state index is 0.0886. The average Bonchev–Trinajstić information content (AvgIpc) is 3.08. The van der Waals surface area contributed by atoms with Crippen LogP contribution in [0.4, 0.5) is 5.82 Å². The van der Waals surface area contributed by atoms with Gasteiger partial charge in [-0.25, -0.2) is 0 Å². The number of aromatic nitrogens is 2. The zero-order valence-electron chi connectivity index (χ0n) is 12.1. The van der Waals surface area contributed by atoms with Crippen molar-refractivity contribution < 1.29 is 9.32 Å². The molecule has 106 valence electrons. The van der Waals surface area contributed by atoms with Gasteiger partial charge in [0, 0.05) is 29.1 Å². The van der Waals surface area contributed by atoms with E-state index in [0.717, 1.165) is 17.0 Å². The fraction of sp³-hybridized carbons (Fsp3) is 0.467. The predicted molar refractivity (Wildman–Crippen MR) is 76.2 cm³/mol. The molecule has 5 nitrogen and oxygen atoms in total. The molecule has 1 fully saturated rings. The summed E-state index contributed by atoms with van der Waals surface area (Å²) in [5.41, 5.74) is 3.06. The molecule has 2 aromatic heterocycles. The summed E-state index contributed by atoms with van der Waals surface area (Å²) in [6.45, 7) is 6.15. The molecule has 1 aliphatic rings. The fourth-order valence-electron chi connectivity index (χ4n) is 2.67. The number of carbonyl (C=O) groups is 1. The highest BCUT2D eigenvalue weighted by atomic mass is 16.5. The summed E-state index contributed by atoms with van der Waals surface area (Å²) in [7, 11) is 0. The molecule has 0 spiro atoms. The summed E-state index contributed by atoms with van der Waals surface area (Å²) < 4.78 is 7.25. The summed E-state index contributed by atoms with van der Waals surface area (Å²) in [6.07, 6.45) is 2.45. The molecule has 5 heteroatoms. The molecule has 0 amide bonds. The van der Waals surface area contributed by atoms with Gasteiger partial charge in [-0.15, -0.1) is 0 Å². The zero-order chi connectivity index (χ0) is 14.3. The van der Waals surface area contributed by atoms with Crippen molar-refractivity contribution in [3.8, 4) is 0 Å². The van der Waals surface area contributed by atoms with Crippen LogP contribution in [-0.4, -0.2) is 22.1 Å². The van der Waals surface area contributed by atoms with E-state index in [1.165, 1.54) is 18.5 Å². The van der Waals surface area contributed by atoms with E-state index >= 15 is 0 Å².